The third-order valence-electron chi connectivity index (χ3n) is 4.85. The van der Waals surface area contributed by atoms with Gasteiger partial charge in [0, 0.05) is 12.2 Å². The monoisotopic (exact) mass is 432 g/mol. The smallest absolute Gasteiger partial charge is 0.437 e. The Morgan fingerprint density at radius 1 is 1.13 bits per heavy atom. The number of alkyl carbamates (subject to hydrolysis) is 1. The predicted octanol–water partition coefficient (Wildman–Crippen LogP) is 4.67. The van der Waals surface area contributed by atoms with E-state index in [9.17, 15) is 9.59 Å². The minimum Gasteiger partial charge on any atom is -0.444 e. The minimum absolute atomic E-state index is 0.0525. The van der Waals surface area contributed by atoms with Crippen LogP contribution in [0.25, 0.3) is 0 Å². The van der Waals surface area contributed by atoms with E-state index in [2.05, 4.69) is 10.3 Å². The van der Waals surface area contributed by atoms with Crippen molar-refractivity contribution in [2.45, 2.75) is 84.5 Å². The van der Waals surface area contributed by atoms with E-state index in [1.807, 2.05) is 52.0 Å². The van der Waals surface area contributed by atoms with Gasteiger partial charge < -0.3 is 25.4 Å². The van der Waals surface area contributed by atoms with Crippen molar-refractivity contribution in [2.75, 3.05) is 11.4 Å². The summed E-state index contributed by atoms with van der Waals surface area (Å²) in [5.41, 5.74) is 6.17. The molecule has 2 rings (SSSR count). The Hall–Kier alpha value is -2.77. The summed E-state index contributed by atoms with van der Waals surface area (Å²) in [6.07, 6.45) is 1.49. The second kappa shape index (κ2) is 9.16. The lowest BCUT2D eigenvalue weighted by Gasteiger charge is -2.43. The van der Waals surface area contributed by atoms with Gasteiger partial charge in [0.25, 0.3) is 0 Å². The first-order valence-corrected chi connectivity index (χ1v) is 10.7. The zero-order valence-corrected chi connectivity index (χ0v) is 19.7. The maximum atomic E-state index is 12.4. The Kier molecular flexibility index (Phi) is 7.24. The number of carbonyl (C=O) groups is 2. The minimum atomic E-state index is -0.735. The molecule has 8 heteroatoms. The van der Waals surface area contributed by atoms with Crippen molar-refractivity contribution in [3.63, 3.8) is 0 Å². The maximum Gasteiger partial charge on any atom is 0.437 e. The quantitative estimate of drug-likeness (QED) is 0.529. The Morgan fingerprint density at radius 3 is 2.23 bits per heavy atom. The van der Waals surface area contributed by atoms with Gasteiger partial charge in [-0.1, -0.05) is 12.1 Å². The van der Waals surface area contributed by atoms with E-state index in [1.165, 1.54) is 0 Å². The summed E-state index contributed by atoms with van der Waals surface area (Å²) in [5, 5.41) is 3.06. The van der Waals surface area contributed by atoms with E-state index in [0.29, 0.717) is 6.54 Å². The van der Waals surface area contributed by atoms with Crippen LogP contribution >= 0.6 is 0 Å². The fraction of sp³-hybridized carbons (Fsp3) is 0.609. The number of benzene rings is 1. The van der Waals surface area contributed by atoms with Gasteiger partial charge in [0.15, 0.2) is 0 Å². The number of hydrogen-bond donors (Lipinski definition) is 2. The summed E-state index contributed by atoms with van der Waals surface area (Å²) in [6.45, 7) is 13.3. The van der Waals surface area contributed by atoms with Crippen molar-refractivity contribution < 1.29 is 19.1 Å². The number of ether oxygens (including phenoxy) is 2. The van der Waals surface area contributed by atoms with Gasteiger partial charge in [-0.05, 0) is 85.4 Å². The standard InChI is InChI=1S/C23H36N4O4/c1-8-27(18(24)25-19(28)30-21(2,3)4)17-12-9-11-16(15-17)23(13-10-14-23)26-20(29)31-22(5,6)7/h9,11-12,15H,8,10,13-14H2,1-7H3,(H,26,29)(H2,24,25,28). The zero-order valence-electron chi connectivity index (χ0n) is 19.7. The van der Waals surface area contributed by atoms with Gasteiger partial charge in [0.2, 0.25) is 5.96 Å². The average Bonchev–Trinajstić information content (AvgIpc) is 2.55. The highest BCUT2D eigenvalue weighted by atomic mass is 16.6. The molecule has 2 amide bonds. The Labute approximate surface area is 185 Å². The average molecular weight is 433 g/mol. The normalized spacial score (nSPS) is 16.2. The van der Waals surface area contributed by atoms with Gasteiger partial charge in [0.05, 0.1) is 5.54 Å². The molecule has 3 N–H and O–H groups in total. The lowest BCUT2D eigenvalue weighted by atomic mass is 9.72. The zero-order chi connectivity index (χ0) is 23.4. The summed E-state index contributed by atoms with van der Waals surface area (Å²) in [4.78, 5) is 30.1. The first-order valence-electron chi connectivity index (χ1n) is 10.7. The lowest BCUT2D eigenvalue weighted by Crippen LogP contribution is -2.52. The molecule has 0 radical (unpaired) electrons. The second-order valence-electron chi connectivity index (χ2n) is 9.81. The summed E-state index contributed by atoms with van der Waals surface area (Å²) < 4.78 is 10.7. The molecule has 1 aromatic carbocycles. The van der Waals surface area contributed by atoms with Gasteiger partial charge in [-0.15, -0.1) is 4.99 Å². The fourth-order valence-corrected chi connectivity index (χ4v) is 3.40. The van der Waals surface area contributed by atoms with Gasteiger partial charge in [-0.25, -0.2) is 9.59 Å². The van der Waals surface area contributed by atoms with Gasteiger partial charge >= 0.3 is 12.2 Å². The number of nitrogens with zero attached hydrogens (tertiary/aromatic N) is 2. The van der Waals surface area contributed by atoms with Crippen molar-refractivity contribution in [3.8, 4) is 0 Å². The molecule has 1 fully saturated rings. The third kappa shape index (κ3) is 6.87. The predicted molar refractivity (Wildman–Crippen MR) is 122 cm³/mol. The fourth-order valence-electron chi connectivity index (χ4n) is 3.40. The number of anilines is 1. The molecule has 0 heterocycles. The molecular weight excluding hydrogens is 396 g/mol. The molecule has 0 aromatic heterocycles. The molecular formula is C23H36N4O4. The van der Waals surface area contributed by atoms with Gasteiger partial charge in [-0.3, -0.25) is 0 Å². The van der Waals surface area contributed by atoms with Crippen molar-refractivity contribution >= 4 is 23.8 Å². The number of amides is 2. The van der Waals surface area contributed by atoms with Crippen LogP contribution in [-0.2, 0) is 15.0 Å². The molecule has 0 saturated heterocycles. The summed E-state index contributed by atoms with van der Waals surface area (Å²) >= 11 is 0. The Bertz CT molecular complexity index is 833. The van der Waals surface area contributed by atoms with Crippen LogP contribution in [-0.4, -0.2) is 35.9 Å². The van der Waals surface area contributed by atoms with E-state index in [4.69, 9.17) is 15.2 Å². The van der Waals surface area contributed by atoms with Crippen molar-refractivity contribution in [2.24, 2.45) is 10.7 Å². The molecule has 172 valence electrons. The maximum absolute atomic E-state index is 12.4. The molecule has 0 spiro atoms. The summed E-state index contributed by atoms with van der Waals surface area (Å²) in [6, 6.07) is 7.75. The number of carbonyl (C=O) groups excluding carboxylic acids is 2. The molecule has 0 aliphatic heterocycles. The van der Waals surface area contributed by atoms with Crippen LogP contribution in [0.3, 0.4) is 0 Å². The topological polar surface area (TPSA) is 106 Å². The number of rotatable bonds is 4. The first kappa shape index (κ1) is 24.5. The number of nitrogens with two attached hydrogens (primary N) is 1. The largest absolute Gasteiger partial charge is 0.444 e. The molecule has 0 unspecified atom stereocenters. The van der Waals surface area contributed by atoms with Crippen LogP contribution in [0.2, 0.25) is 0 Å². The van der Waals surface area contributed by atoms with Crippen LogP contribution in [0.5, 0.6) is 0 Å². The summed E-state index contributed by atoms with van der Waals surface area (Å²) in [7, 11) is 0. The second-order valence-corrected chi connectivity index (χ2v) is 9.81. The first-order chi connectivity index (χ1) is 14.2. The molecule has 1 aromatic rings. The molecule has 0 atom stereocenters. The Morgan fingerprint density at radius 2 is 1.74 bits per heavy atom. The summed E-state index contributed by atoms with van der Waals surface area (Å²) in [5.74, 6) is 0.0525. The lowest BCUT2D eigenvalue weighted by molar-refractivity contribution is 0.0377. The number of guanidine groups is 1. The molecule has 31 heavy (non-hydrogen) atoms. The highest BCUT2D eigenvalue weighted by Gasteiger charge is 2.41. The molecule has 0 bridgehead atoms. The van der Waals surface area contributed by atoms with Crippen LogP contribution in [0.15, 0.2) is 29.3 Å². The number of aliphatic imine (C=N–C) groups is 1. The van der Waals surface area contributed by atoms with Crippen LogP contribution in [0, 0.1) is 0 Å². The SMILES string of the molecule is CCN(C(N)=NC(=O)OC(C)(C)C)c1cccc(C2(NC(=O)OC(C)(C)C)CCC2)c1. The Balaban J connectivity index is 2.26. The molecule has 1 aliphatic carbocycles. The molecule has 1 saturated carbocycles. The van der Waals surface area contributed by atoms with Crippen LogP contribution in [0.1, 0.15) is 73.3 Å². The van der Waals surface area contributed by atoms with Crippen molar-refractivity contribution in [1.82, 2.24) is 5.32 Å². The molecule has 8 nitrogen and oxygen atoms in total. The van der Waals surface area contributed by atoms with E-state index in [1.54, 1.807) is 25.7 Å². The third-order valence-corrected chi connectivity index (χ3v) is 4.85. The highest BCUT2D eigenvalue weighted by Crippen LogP contribution is 2.42. The van der Waals surface area contributed by atoms with Gasteiger partial charge in [-0.2, -0.15) is 0 Å². The van der Waals surface area contributed by atoms with Gasteiger partial charge in [0.1, 0.15) is 11.2 Å². The van der Waals surface area contributed by atoms with Crippen molar-refractivity contribution in [3.05, 3.63) is 29.8 Å². The molecule has 1 aliphatic rings. The van der Waals surface area contributed by atoms with E-state index in [0.717, 1.165) is 30.5 Å². The van der Waals surface area contributed by atoms with Crippen molar-refractivity contribution in [1.29, 1.82) is 0 Å². The van der Waals surface area contributed by atoms with E-state index in [-0.39, 0.29) is 5.96 Å². The number of nitrogens with one attached hydrogen (secondary N) is 1. The van der Waals surface area contributed by atoms with Crippen LogP contribution in [0.4, 0.5) is 15.3 Å². The van der Waals surface area contributed by atoms with Crippen LogP contribution < -0.4 is 16.0 Å². The highest BCUT2D eigenvalue weighted by molar-refractivity contribution is 6.00. The van der Waals surface area contributed by atoms with E-state index >= 15 is 0 Å². The number of hydrogen-bond acceptors (Lipinski definition) is 4. The van der Waals surface area contributed by atoms with E-state index < -0.39 is 28.9 Å².